The summed E-state index contributed by atoms with van der Waals surface area (Å²) in [4.78, 5) is 5.62. The number of rotatable bonds is 1. The number of hydrogen-bond acceptors (Lipinski definition) is 5. The van der Waals surface area contributed by atoms with E-state index in [1.165, 1.54) is 6.33 Å². The predicted molar refractivity (Wildman–Crippen MR) is 49.0 cm³/mol. The van der Waals surface area contributed by atoms with E-state index in [4.69, 9.17) is 13.0 Å². The van der Waals surface area contributed by atoms with Crippen molar-refractivity contribution in [2.24, 2.45) is 0 Å². The van der Waals surface area contributed by atoms with Gasteiger partial charge in [-0.15, -0.1) is 0 Å². The fourth-order valence-corrected chi connectivity index (χ4v) is 0.780. The number of aromatic amines is 1. The molecule has 0 saturated heterocycles. The van der Waals surface area contributed by atoms with E-state index in [1.807, 2.05) is 0 Å². The van der Waals surface area contributed by atoms with E-state index in [9.17, 15) is 8.42 Å². The molecule has 0 aliphatic carbocycles. The van der Waals surface area contributed by atoms with E-state index >= 15 is 0 Å². The van der Waals surface area contributed by atoms with Crippen LogP contribution in [0.15, 0.2) is 17.6 Å². The molecule has 0 aromatic carbocycles. The molecule has 0 atom stereocenters. The maximum Gasteiger partial charge on any atom is 0.317 e. The summed E-state index contributed by atoms with van der Waals surface area (Å²) >= 11 is 0. The number of nitrogens with zero attached hydrogens (tertiary/aromatic N) is 1. The Balaban J connectivity index is 0.000000292. The number of imidazole rings is 1. The zero-order chi connectivity index (χ0) is 11.4. The maximum absolute atomic E-state index is 10.2. The van der Waals surface area contributed by atoms with Crippen LogP contribution in [0.1, 0.15) is 0 Å². The molecule has 0 amide bonds. The van der Waals surface area contributed by atoms with Crippen molar-refractivity contribution in [1.82, 2.24) is 9.97 Å². The van der Waals surface area contributed by atoms with Crippen LogP contribution in [0.2, 0.25) is 0 Å². The standard InChI is InChI=1S/C3H4N2O3S.Cl2O2S/c6-9(7,8)3-1-4-2-5-3;1-5(2,3)4/h1-2H,(H,4,5)(H,6,7,8);. The molecule has 0 saturated carbocycles. The maximum atomic E-state index is 10.2. The first-order valence-electron chi connectivity index (χ1n) is 2.71. The quantitative estimate of drug-likeness (QED) is 0.567. The molecule has 11 heteroatoms. The normalized spacial score (nSPS) is 11.6. The monoisotopic (exact) mass is 282 g/mol. The van der Waals surface area contributed by atoms with Gasteiger partial charge in [0.25, 0.3) is 0 Å². The minimum absolute atomic E-state index is 0.289. The van der Waals surface area contributed by atoms with Crippen molar-refractivity contribution >= 4 is 39.7 Å². The van der Waals surface area contributed by atoms with Crippen LogP contribution in [0.4, 0.5) is 0 Å². The van der Waals surface area contributed by atoms with Gasteiger partial charge in [0.1, 0.15) is 0 Å². The first-order chi connectivity index (χ1) is 6.11. The summed E-state index contributed by atoms with van der Waals surface area (Å²) in [6, 6.07) is 0. The highest BCUT2D eigenvalue weighted by atomic mass is 36.0. The molecule has 1 heterocycles. The minimum atomic E-state index is -4.08. The van der Waals surface area contributed by atoms with Gasteiger partial charge >= 0.3 is 18.4 Å². The summed E-state index contributed by atoms with van der Waals surface area (Å²) in [5.41, 5.74) is 0. The molecule has 0 unspecified atom stereocenters. The lowest BCUT2D eigenvalue weighted by Gasteiger charge is -1.85. The van der Waals surface area contributed by atoms with Crippen LogP contribution in [0.3, 0.4) is 0 Å². The molecule has 1 rings (SSSR count). The second-order valence-electron chi connectivity index (χ2n) is 1.77. The highest BCUT2D eigenvalue weighted by Crippen LogP contribution is 1.99. The smallest absolute Gasteiger partial charge is 0.317 e. The van der Waals surface area contributed by atoms with Gasteiger partial charge in [-0.1, -0.05) is 0 Å². The lowest BCUT2D eigenvalue weighted by Crippen LogP contribution is -1.96. The third-order valence-electron chi connectivity index (χ3n) is 0.751. The molecular formula is C3H4Cl2N2O5S2. The average molecular weight is 283 g/mol. The van der Waals surface area contributed by atoms with E-state index in [-0.39, 0.29) is 5.03 Å². The van der Waals surface area contributed by atoms with Crippen molar-refractivity contribution in [3.05, 3.63) is 12.5 Å². The zero-order valence-corrected chi connectivity index (χ0v) is 9.40. The Morgan fingerprint density at radius 1 is 1.29 bits per heavy atom. The number of H-pyrrole nitrogens is 1. The fourth-order valence-electron chi connectivity index (χ4n) is 0.384. The Kier molecular flexibility index (Phi) is 4.81. The molecule has 14 heavy (non-hydrogen) atoms. The Morgan fingerprint density at radius 3 is 1.86 bits per heavy atom. The molecular weight excluding hydrogens is 279 g/mol. The Morgan fingerprint density at radius 2 is 1.71 bits per heavy atom. The number of hydrogen-bond donors (Lipinski definition) is 2. The number of halogens is 2. The Hall–Kier alpha value is -0.350. The summed E-state index contributed by atoms with van der Waals surface area (Å²) in [6.07, 6.45) is 2.19. The third kappa shape index (κ3) is 8.26. The van der Waals surface area contributed by atoms with Gasteiger partial charge in [-0.05, 0) is 0 Å². The number of nitrogens with one attached hydrogen (secondary N) is 1. The van der Waals surface area contributed by atoms with E-state index in [2.05, 4.69) is 31.3 Å². The Labute approximate surface area is 88.7 Å². The summed E-state index contributed by atoms with van der Waals surface area (Å²) < 4.78 is 47.0. The highest BCUT2D eigenvalue weighted by Gasteiger charge is 2.08. The molecule has 1 aromatic rings. The van der Waals surface area contributed by atoms with E-state index < -0.39 is 18.4 Å². The van der Waals surface area contributed by atoms with Crippen LogP contribution in [0.25, 0.3) is 0 Å². The third-order valence-corrected chi connectivity index (χ3v) is 1.53. The van der Waals surface area contributed by atoms with Crippen molar-refractivity contribution in [2.45, 2.75) is 5.03 Å². The van der Waals surface area contributed by atoms with Crippen molar-refractivity contribution < 1.29 is 21.4 Å². The van der Waals surface area contributed by atoms with Gasteiger partial charge in [-0.25, -0.2) is 4.98 Å². The molecule has 0 aliphatic rings. The van der Waals surface area contributed by atoms with Gasteiger partial charge in [0.05, 0.1) is 12.5 Å². The van der Waals surface area contributed by atoms with Gasteiger partial charge in [0.15, 0.2) is 5.03 Å². The van der Waals surface area contributed by atoms with Crippen molar-refractivity contribution in [3.8, 4) is 0 Å². The van der Waals surface area contributed by atoms with Gasteiger partial charge in [0.2, 0.25) is 0 Å². The SMILES string of the molecule is O=S(=O)(Cl)Cl.O=S(=O)(O)c1cnc[nH]1. The molecule has 0 bridgehead atoms. The lowest BCUT2D eigenvalue weighted by atomic mass is 11.0. The molecule has 0 radical (unpaired) electrons. The molecule has 7 nitrogen and oxygen atoms in total. The van der Waals surface area contributed by atoms with Crippen LogP contribution in [0, 0.1) is 0 Å². The van der Waals surface area contributed by atoms with Gasteiger partial charge in [0, 0.05) is 21.4 Å². The van der Waals surface area contributed by atoms with Crippen LogP contribution in [-0.2, 0) is 18.4 Å². The van der Waals surface area contributed by atoms with E-state index in [1.54, 1.807) is 0 Å². The second-order valence-corrected chi connectivity index (χ2v) is 6.83. The van der Waals surface area contributed by atoms with Crippen LogP contribution in [0.5, 0.6) is 0 Å². The fraction of sp³-hybridized carbons (Fsp3) is 0. The summed E-state index contributed by atoms with van der Waals surface area (Å²) in [5.74, 6) is 0. The minimum Gasteiger partial charge on any atom is -0.334 e. The first kappa shape index (κ1) is 13.7. The molecule has 0 spiro atoms. The van der Waals surface area contributed by atoms with Crippen LogP contribution >= 0.6 is 21.4 Å². The highest BCUT2D eigenvalue weighted by molar-refractivity contribution is 8.31. The first-order valence-corrected chi connectivity index (χ1v) is 7.28. The average Bonchev–Trinajstić information content (AvgIpc) is 2.28. The van der Waals surface area contributed by atoms with Gasteiger partial charge in [-0.2, -0.15) is 16.8 Å². The molecule has 0 aliphatic heterocycles. The molecule has 2 N–H and O–H groups in total. The van der Waals surface area contributed by atoms with Crippen LogP contribution in [-0.4, -0.2) is 31.4 Å². The van der Waals surface area contributed by atoms with Crippen molar-refractivity contribution in [2.75, 3.05) is 0 Å². The van der Waals surface area contributed by atoms with Gasteiger partial charge < -0.3 is 4.98 Å². The predicted octanol–water partition coefficient (Wildman–Crippen LogP) is 0.365. The van der Waals surface area contributed by atoms with Crippen molar-refractivity contribution in [1.29, 1.82) is 0 Å². The topological polar surface area (TPSA) is 117 Å². The zero-order valence-electron chi connectivity index (χ0n) is 6.25. The molecule has 1 aromatic heterocycles. The van der Waals surface area contributed by atoms with Gasteiger partial charge in [-0.3, -0.25) is 4.55 Å². The number of aromatic nitrogens is 2. The largest absolute Gasteiger partial charge is 0.334 e. The molecule has 82 valence electrons. The van der Waals surface area contributed by atoms with Crippen LogP contribution < -0.4 is 0 Å². The van der Waals surface area contributed by atoms with E-state index in [0.717, 1.165) is 6.20 Å². The Bertz CT molecular complexity index is 455. The summed E-state index contributed by atoms with van der Waals surface area (Å²) in [6.45, 7) is 0. The summed E-state index contributed by atoms with van der Waals surface area (Å²) in [5, 5.41) is -0.289. The molecule has 0 fully saturated rings. The second kappa shape index (κ2) is 4.94. The lowest BCUT2D eigenvalue weighted by molar-refractivity contribution is 0.480. The summed E-state index contributed by atoms with van der Waals surface area (Å²) in [7, 11) is 0.736. The van der Waals surface area contributed by atoms with E-state index in [0.29, 0.717) is 0 Å². The van der Waals surface area contributed by atoms with Crippen molar-refractivity contribution in [3.63, 3.8) is 0 Å².